The first kappa shape index (κ1) is 21.1. The highest BCUT2D eigenvalue weighted by molar-refractivity contribution is 5.84. The van der Waals surface area contributed by atoms with Gasteiger partial charge in [-0.3, -0.25) is 9.88 Å². The number of hydrogen-bond donors (Lipinski definition) is 2. The van der Waals surface area contributed by atoms with Crippen molar-refractivity contribution in [3.05, 3.63) is 54.5 Å². The minimum Gasteiger partial charge on any atom is -0.487 e. The van der Waals surface area contributed by atoms with Crippen LogP contribution in [0.25, 0.3) is 10.9 Å². The lowest BCUT2D eigenvalue weighted by Crippen LogP contribution is -2.40. The first-order valence-electron chi connectivity index (χ1n) is 11.7. The summed E-state index contributed by atoms with van der Waals surface area (Å²) in [5.41, 5.74) is 1.94. The predicted molar refractivity (Wildman–Crippen MR) is 125 cm³/mol. The van der Waals surface area contributed by atoms with Crippen molar-refractivity contribution in [2.24, 2.45) is 0 Å². The zero-order chi connectivity index (χ0) is 21.8. The average Bonchev–Trinajstić information content (AvgIpc) is 2.82. The third-order valence-corrected chi connectivity index (χ3v) is 6.47. The quantitative estimate of drug-likeness (QED) is 0.612. The van der Waals surface area contributed by atoms with Crippen LogP contribution in [0.15, 0.2) is 48.8 Å². The molecule has 1 aliphatic heterocycles. The Labute approximate surface area is 188 Å². The maximum absolute atomic E-state index is 9.75. The van der Waals surface area contributed by atoms with E-state index in [1.165, 1.54) is 0 Å². The molecule has 3 aromatic rings. The van der Waals surface area contributed by atoms with Gasteiger partial charge in [0.1, 0.15) is 17.4 Å². The van der Waals surface area contributed by atoms with E-state index < -0.39 is 0 Å². The fourth-order valence-corrected chi connectivity index (χ4v) is 4.75. The molecule has 2 aromatic heterocycles. The number of rotatable bonds is 6. The topological polar surface area (TPSA) is 83.4 Å². The van der Waals surface area contributed by atoms with Gasteiger partial charge in [-0.05, 0) is 63.3 Å². The fourth-order valence-electron chi connectivity index (χ4n) is 4.75. The zero-order valence-electron chi connectivity index (χ0n) is 18.4. The number of para-hydroxylation sites is 1. The van der Waals surface area contributed by atoms with Gasteiger partial charge in [-0.25, -0.2) is 9.97 Å². The van der Waals surface area contributed by atoms with Crippen molar-refractivity contribution in [2.75, 3.05) is 18.4 Å². The van der Waals surface area contributed by atoms with Crippen LogP contribution in [0.2, 0.25) is 0 Å². The molecular weight excluding hydrogens is 402 g/mol. The molecule has 1 atom stereocenters. The minimum atomic E-state index is -0.168. The van der Waals surface area contributed by atoms with Gasteiger partial charge in [0.15, 0.2) is 0 Å². The Balaban J connectivity index is 1.28. The molecular formula is C25H31N5O2. The van der Waals surface area contributed by atoms with Gasteiger partial charge in [-0.15, -0.1) is 0 Å². The minimum absolute atomic E-state index is 0.129. The van der Waals surface area contributed by atoms with E-state index in [4.69, 9.17) is 9.72 Å². The molecule has 5 rings (SSSR count). The Morgan fingerprint density at radius 2 is 1.94 bits per heavy atom. The molecule has 7 heteroatoms. The van der Waals surface area contributed by atoms with E-state index in [9.17, 15) is 5.11 Å². The summed E-state index contributed by atoms with van der Waals surface area (Å²) < 4.78 is 6.48. The zero-order valence-corrected chi connectivity index (χ0v) is 18.4. The standard InChI is InChI=1S/C25H31N5O2/c31-21-11-9-19(10-12-21)28-25-27-15-18-5-3-8-23(24(18)29-25)32-22-7-4-14-30(17-22)16-20-6-1-2-13-26-20/h1-3,5-6,8,13,15,19,21-22,31H,4,7,9-12,14,16-17H2,(H,27,28,29)/t19-,21-,22-/m0/s1. The van der Waals surface area contributed by atoms with Crippen LogP contribution in [0, 0.1) is 0 Å². The molecule has 3 heterocycles. The van der Waals surface area contributed by atoms with E-state index in [1.807, 2.05) is 42.7 Å². The summed E-state index contributed by atoms with van der Waals surface area (Å²) in [6.07, 6.45) is 9.36. The lowest BCUT2D eigenvalue weighted by atomic mass is 9.93. The van der Waals surface area contributed by atoms with E-state index >= 15 is 0 Å². The fraction of sp³-hybridized carbons (Fsp3) is 0.480. The number of benzene rings is 1. The molecule has 2 fully saturated rings. The normalized spacial score (nSPS) is 24.3. The molecule has 2 aliphatic rings. The molecule has 0 bridgehead atoms. The Kier molecular flexibility index (Phi) is 6.46. The number of piperidine rings is 1. The summed E-state index contributed by atoms with van der Waals surface area (Å²) in [6.45, 7) is 2.80. The second kappa shape index (κ2) is 9.79. The van der Waals surface area contributed by atoms with Crippen LogP contribution in [0.4, 0.5) is 5.95 Å². The van der Waals surface area contributed by atoms with Crippen molar-refractivity contribution >= 4 is 16.9 Å². The number of aromatic nitrogens is 3. The molecule has 0 spiro atoms. The lowest BCUT2D eigenvalue weighted by molar-refractivity contribution is 0.0845. The van der Waals surface area contributed by atoms with E-state index in [0.29, 0.717) is 12.0 Å². The maximum atomic E-state index is 9.75. The van der Waals surface area contributed by atoms with Gasteiger partial charge in [0, 0.05) is 36.9 Å². The monoisotopic (exact) mass is 433 g/mol. The molecule has 7 nitrogen and oxygen atoms in total. The number of aliphatic hydroxyl groups is 1. The number of pyridine rings is 1. The van der Waals surface area contributed by atoms with Crippen LogP contribution in [-0.2, 0) is 6.54 Å². The maximum Gasteiger partial charge on any atom is 0.223 e. The molecule has 1 saturated carbocycles. The number of fused-ring (bicyclic) bond motifs is 1. The second-order valence-electron chi connectivity index (χ2n) is 8.98. The summed E-state index contributed by atoms with van der Waals surface area (Å²) >= 11 is 0. The van der Waals surface area contributed by atoms with Gasteiger partial charge in [0.05, 0.1) is 11.8 Å². The summed E-state index contributed by atoms with van der Waals surface area (Å²) in [4.78, 5) is 16.2. The van der Waals surface area contributed by atoms with Crippen molar-refractivity contribution in [1.29, 1.82) is 0 Å². The summed E-state index contributed by atoms with van der Waals surface area (Å²) in [5, 5.41) is 14.2. The first-order valence-corrected chi connectivity index (χ1v) is 11.7. The number of nitrogens with zero attached hydrogens (tertiary/aromatic N) is 4. The second-order valence-corrected chi connectivity index (χ2v) is 8.98. The third-order valence-electron chi connectivity index (χ3n) is 6.47. The predicted octanol–water partition coefficient (Wildman–Crippen LogP) is 3.78. The third kappa shape index (κ3) is 5.16. The van der Waals surface area contributed by atoms with E-state index in [-0.39, 0.29) is 12.2 Å². The van der Waals surface area contributed by atoms with Gasteiger partial charge < -0.3 is 15.2 Å². The Bertz CT molecular complexity index is 1020. The highest BCUT2D eigenvalue weighted by atomic mass is 16.5. The smallest absolute Gasteiger partial charge is 0.223 e. The van der Waals surface area contributed by atoms with Crippen LogP contribution in [0.1, 0.15) is 44.2 Å². The van der Waals surface area contributed by atoms with Crippen LogP contribution >= 0.6 is 0 Å². The summed E-state index contributed by atoms with van der Waals surface area (Å²) in [6, 6.07) is 12.4. The van der Waals surface area contributed by atoms with Gasteiger partial charge in [0.2, 0.25) is 5.95 Å². The van der Waals surface area contributed by atoms with E-state index in [2.05, 4.69) is 26.3 Å². The average molecular weight is 434 g/mol. The number of ether oxygens (including phenoxy) is 1. The lowest BCUT2D eigenvalue weighted by Gasteiger charge is -2.32. The van der Waals surface area contributed by atoms with Crippen LogP contribution < -0.4 is 10.1 Å². The van der Waals surface area contributed by atoms with Crippen LogP contribution in [0.5, 0.6) is 5.75 Å². The summed E-state index contributed by atoms with van der Waals surface area (Å²) in [5.74, 6) is 1.45. The van der Waals surface area contributed by atoms with Crippen molar-refractivity contribution in [2.45, 2.75) is 63.3 Å². The van der Waals surface area contributed by atoms with Crippen molar-refractivity contribution < 1.29 is 9.84 Å². The van der Waals surface area contributed by atoms with Gasteiger partial charge in [-0.2, -0.15) is 0 Å². The molecule has 0 amide bonds. The number of likely N-dealkylation sites (tertiary alicyclic amines) is 1. The molecule has 168 valence electrons. The van der Waals surface area contributed by atoms with Crippen molar-refractivity contribution in [1.82, 2.24) is 19.9 Å². The summed E-state index contributed by atoms with van der Waals surface area (Å²) in [7, 11) is 0. The molecule has 32 heavy (non-hydrogen) atoms. The molecule has 0 unspecified atom stereocenters. The number of anilines is 1. The Morgan fingerprint density at radius 3 is 2.78 bits per heavy atom. The Morgan fingerprint density at radius 1 is 1.03 bits per heavy atom. The van der Waals surface area contributed by atoms with E-state index in [1.54, 1.807) is 0 Å². The number of aliphatic hydroxyl groups excluding tert-OH is 1. The SMILES string of the molecule is O[C@H]1CC[C@H](Nc2ncc3cccc(O[C@H]4CCCN(Cc5ccccn5)C4)c3n2)CC1. The highest BCUT2D eigenvalue weighted by Gasteiger charge is 2.23. The molecule has 2 N–H and O–H groups in total. The number of hydrogen-bond acceptors (Lipinski definition) is 7. The van der Waals surface area contributed by atoms with Crippen LogP contribution in [-0.4, -0.2) is 56.3 Å². The van der Waals surface area contributed by atoms with Crippen LogP contribution in [0.3, 0.4) is 0 Å². The molecule has 0 radical (unpaired) electrons. The largest absolute Gasteiger partial charge is 0.487 e. The molecule has 1 aliphatic carbocycles. The van der Waals surface area contributed by atoms with Gasteiger partial charge in [0.25, 0.3) is 0 Å². The Hall–Kier alpha value is -2.77. The number of nitrogens with one attached hydrogen (secondary N) is 1. The van der Waals surface area contributed by atoms with E-state index in [0.717, 1.165) is 80.5 Å². The highest BCUT2D eigenvalue weighted by Crippen LogP contribution is 2.28. The van der Waals surface area contributed by atoms with Gasteiger partial charge >= 0.3 is 0 Å². The molecule has 1 aromatic carbocycles. The molecule has 1 saturated heterocycles. The van der Waals surface area contributed by atoms with Crippen molar-refractivity contribution in [3.63, 3.8) is 0 Å². The van der Waals surface area contributed by atoms with Crippen molar-refractivity contribution in [3.8, 4) is 5.75 Å². The van der Waals surface area contributed by atoms with Gasteiger partial charge in [-0.1, -0.05) is 18.2 Å². The first-order chi connectivity index (χ1) is 15.7.